The number of hydrogen-bond acceptors (Lipinski definition) is 8. The van der Waals surface area contributed by atoms with Gasteiger partial charge >= 0.3 is 5.97 Å². The normalized spacial score (nSPS) is 10.5. The Morgan fingerprint density at radius 2 is 1.92 bits per heavy atom. The largest absolute Gasteiger partial charge is 0.465 e. The summed E-state index contributed by atoms with van der Waals surface area (Å²) in [4.78, 5) is 20.4. The topological polar surface area (TPSA) is 102 Å². The summed E-state index contributed by atoms with van der Waals surface area (Å²) in [7, 11) is 1.32. The number of methoxy groups -OCH3 is 1. The summed E-state index contributed by atoms with van der Waals surface area (Å²) in [6.07, 6.45) is 0. The molecular weight excluding hydrogens is 358 g/mol. The quantitative estimate of drug-likeness (QED) is 0.647. The third-order valence-corrected chi connectivity index (χ3v) is 3.70. The lowest BCUT2D eigenvalue weighted by Crippen LogP contribution is -2.05. The van der Waals surface area contributed by atoms with E-state index in [1.807, 2.05) is 6.92 Å². The monoisotopic (exact) mass is 373 g/mol. The fourth-order valence-electron chi connectivity index (χ4n) is 2.23. The molecule has 0 aliphatic rings. The van der Waals surface area contributed by atoms with Gasteiger partial charge in [0.25, 0.3) is 0 Å². The summed E-state index contributed by atoms with van der Waals surface area (Å²) in [5.74, 6) is 1.61. The van der Waals surface area contributed by atoms with Gasteiger partial charge in [-0.15, -0.1) is 0 Å². The van der Waals surface area contributed by atoms with Crippen LogP contribution < -0.4 is 10.6 Å². The van der Waals surface area contributed by atoms with Crippen LogP contribution in [-0.2, 0) is 4.74 Å². The molecule has 2 aromatic heterocycles. The molecule has 134 valence electrons. The van der Waals surface area contributed by atoms with Gasteiger partial charge in [-0.3, -0.25) is 0 Å². The van der Waals surface area contributed by atoms with Crippen LogP contribution in [0.2, 0.25) is 5.02 Å². The first-order chi connectivity index (χ1) is 12.4. The number of benzene rings is 1. The first-order valence-electron chi connectivity index (χ1n) is 7.65. The Hall–Kier alpha value is -3.13. The molecule has 0 amide bonds. The van der Waals surface area contributed by atoms with E-state index in [2.05, 4.69) is 25.8 Å². The van der Waals surface area contributed by atoms with E-state index in [0.717, 1.165) is 5.69 Å². The molecule has 0 aliphatic carbocycles. The molecule has 9 heteroatoms. The van der Waals surface area contributed by atoms with E-state index in [4.69, 9.17) is 20.9 Å². The van der Waals surface area contributed by atoms with Crippen LogP contribution >= 0.6 is 11.6 Å². The van der Waals surface area contributed by atoms with Gasteiger partial charge in [-0.05, 0) is 32.0 Å². The van der Waals surface area contributed by atoms with Gasteiger partial charge in [-0.1, -0.05) is 16.8 Å². The van der Waals surface area contributed by atoms with Crippen LogP contribution in [0.5, 0.6) is 0 Å². The molecule has 0 bridgehead atoms. The number of nitrogens with zero attached hydrogens (tertiary/aromatic N) is 3. The minimum absolute atomic E-state index is 0.316. The van der Waals surface area contributed by atoms with Gasteiger partial charge in [-0.25, -0.2) is 9.78 Å². The Morgan fingerprint density at radius 1 is 1.12 bits per heavy atom. The molecule has 0 unspecified atom stereocenters. The third kappa shape index (κ3) is 4.09. The van der Waals surface area contributed by atoms with Crippen LogP contribution in [0.1, 0.15) is 21.8 Å². The van der Waals surface area contributed by atoms with Crippen LogP contribution in [0.4, 0.5) is 23.3 Å². The maximum atomic E-state index is 11.7. The van der Waals surface area contributed by atoms with E-state index in [0.29, 0.717) is 39.6 Å². The second kappa shape index (κ2) is 7.40. The molecule has 0 radical (unpaired) electrons. The Labute approximate surface area is 154 Å². The van der Waals surface area contributed by atoms with Crippen molar-refractivity contribution in [1.29, 1.82) is 0 Å². The number of nitrogens with one attached hydrogen (secondary N) is 2. The van der Waals surface area contributed by atoms with Crippen LogP contribution in [0, 0.1) is 13.8 Å². The molecule has 26 heavy (non-hydrogen) atoms. The zero-order valence-electron chi connectivity index (χ0n) is 14.3. The molecular formula is C17H16ClN5O3. The first-order valence-corrected chi connectivity index (χ1v) is 8.03. The van der Waals surface area contributed by atoms with E-state index in [9.17, 15) is 4.79 Å². The highest BCUT2D eigenvalue weighted by atomic mass is 35.5. The maximum absolute atomic E-state index is 11.7. The average molecular weight is 374 g/mol. The zero-order valence-corrected chi connectivity index (χ0v) is 15.1. The lowest BCUT2D eigenvalue weighted by Gasteiger charge is -2.11. The summed E-state index contributed by atoms with van der Waals surface area (Å²) in [5, 5.41) is 10.4. The summed E-state index contributed by atoms with van der Waals surface area (Å²) in [6, 6.07) is 8.27. The van der Waals surface area contributed by atoms with E-state index in [1.165, 1.54) is 7.11 Å². The number of esters is 1. The molecule has 0 atom stereocenters. The smallest absolute Gasteiger partial charge is 0.337 e. The Morgan fingerprint density at radius 3 is 2.62 bits per heavy atom. The number of hydrogen-bond donors (Lipinski definition) is 2. The van der Waals surface area contributed by atoms with Gasteiger partial charge in [-0.2, -0.15) is 4.98 Å². The zero-order chi connectivity index (χ0) is 18.7. The van der Waals surface area contributed by atoms with Crippen molar-refractivity contribution in [2.75, 3.05) is 17.7 Å². The van der Waals surface area contributed by atoms with Crippen LogP contribution in [0.15, 0.2) is 34.9 Å². The summed E-state index contributed by atoms with van der Waals surface area (Å²) >= 11 is 6.20. The average Bonchev–Trinajstić information content (AvgIpc) is 3.00. The fourth-order valence-corrected chi connectivity index (χ4v) is 2.40. The maximum Gasteiger partial charge on any atom is 0.337 e. The minimum atomic E-state index is -0.460. The fraction of sp³-hybridized carbons (Fsp3) is 0.176. The molecule has 1 aromatic carbocycles. The van der Waals surface area contributed by atoms with Crippen molar-refractivity contribution in [2.24, 2.45) is 0 Å². The molecule has 0 saturated heterocycles. The lowest BCUT2D eigenvalue weighted by molar-refractivity contribution is 0.0601. The van der Waals surface area contributed by atoms with Gasteiger partial charge in [0.05, 0.1) is 23.4 Å². The highest BCUT2D eigenvalue weighted by molar-refractivity contribution is 6.33. The van der Waals surface area contributed by atoms with Gasteiger partial charge in [0.1, 0.15) is 11.6 Å². The van der Waals surface area contributed by atoms with Gasteiger partial charge in [0.2, 0.25) is 5.95 Å². The summed E-state index contributed by atoms with van der Waals surface area (Å²) in [5.41, 5.74) is 1.58. The number of rotatable bonds is 5. The van der Waals surface area contributed by atoms with Crippen molar-refractivity contribution in [3.05, 3.63) is 52.4 Å². The number of carbonyl (C=O) groups excluding carboxylic acids is 1. The molecule has 3 aromatic rings. The minimum Gasteiger partial charge on any atom is -0.465 e. The van der Waals surface area contributed by atoms with Crippen molar-refractivity contribution in [2.45, 2.75) is 13.8 Å². The summed E-state index contributed by atoms with van der Waals surface area (Å²) < 4.78 is 9.74. The highest BCUT2D eigenvalue weighted by Crippen LogP contribution is 2.26. The second-order valence-electron chi connectivity index (χ2n) is 5.48. The number of carbonyl (C=O) groups is 1. The lowest BCUT2D eigenvalue weighted by atomic mass is 10.2. The predicted octanol–water partition coefficient (Wildman–Crippen LogP) is 4.01. The van der Waals surface area contributed by atoms with Crippen molar-refractivity contribution in [3.63, 3.8) is 0 Å². The Bertz CT molecular complexity index is 957. The second-order valence-corrected chi connectivity index (χ2v) is 5.88. The molecule has 0 aliphatic heterocycles. The molecule has 8 nitrogen and oxygen atoms in total. The highest BCUT2D eigenvalue weighted by Gasteiger charge is 2.11. The molecule has 0 spiro atoms. The van der Waals surface area contributed by atoms with Crippen LogP contribution in [0.3, 0.4) is 0 Å². The predicted molar refractivity (Wildman–Crippen MR) is 97.4 cm³/mol. The van der Waals surface area contributed by atoms with E-state index in [-0.39, 0.29) is 0 Å². The molecule has 2 N–H and O–H groups in total. The SMILES string of the molecule is COC(=O)c1ccc(Cl)c(Nc2nc(C)cc(Nc3cc(C)on3)n2)c1. The third-order valence-electron chi connectivity index (χ3n) is 3.37. The standard InChI is InChI=1S/C17H16ClN5O3/c1-9-6-14(21-15-7-10(2)26-23-15)22-17(19-9)20-13-8-11(16(24)25-3)4-5-12(13)18/h4-8H,1-3H3,(H2,19,20,21,22,23). The van der Waals surface area contributed by atoms with E-state index in [1.54, 1.807) is 37.3 Å². The first kappa shape index (κ1) is 17.7. The molecule has 0 fully saturated rings. The summed E-state index contributed by atoms with van der Waals surface area (Å²) in [6.45, 7) is 3.63. The van der Waals surface area contributed by atoms with Gasteiger partial charge in [0.15, 0.2) is 5.82 Å². The number of aromatic nitrogens is 3. The van der Waals surface area contributed by atoms with Gasteiger partial charge in [0, 0.05) is 17.8 Å². The van der Waals surface area contributed by atoms with Crippen LogP contribution in [-0.4, -0.2) is 28.2 Å². The Balaban J connectivity index is 1.87. The number of aryl methyl sites for hydroxylation is 2. The van der Waals surface area contributed by atoms with Crippen LogP contribution in [0.25, 0.3) is 0 Å². The number of ether oxygens (including phenoxy) is 1. The van der Waals surface area contributed by atoms with Gasteiger partial charge < -0.3 is 19.9 Å². The Kier molecular flexibility index (Phi) is 5.04. The molecule has 0 saturated carbocycles. The molecule has 3 rings (SSSR count). The number of anilines is 4. The van der Waals surface area contributed by atoms with E-state index < -0.39 is 5.97 Å². The van der Waals surface area contributed by atoms with Crippen molar-refractivity contribution in [3.8, 4) is 0 Å². The van der Waals surface area contributed by atoms with Crippen molar-refractivity contribution in [1.82, 2.24) is 15.1 Å². The number of halogens is 1. The van der Waals surface area contributed by atoms with Crippen molar-refractivity contribution >= 4 is 40.8 Å². The molecule has 2 heterocycles. The van der Waals surface area contributed by atoms with Crippen molar-refractivity contribution < 1.29 is 14.1 Å². The van der Waals surface area contributed by atoms with E-state index >= 15 is 0 Å².